The number of hydrogen-bond acceptors (Lipinski definition) is 5. The summed E-state index contributed by atoms with van der Waals surface area (Å²) < 4.78 is 4.93. The Balaban J connectivity index is 1.76. The number of esters is 1. The second kappa shape index (κ2) is 14.3. The van der Waals surface area contributed by atoms with Gasteiger partial charge in [0.25, 0.3) is 5.91 Å². The van der Waals surface area contributed by atoms with Crippen LogP contribution in [0, 0.1) is 12.8 Å². The SMILES string of the molecule is COC(=O)C(CCSC)NC(=O)c1ccc(CNCCC2CCCCC2)cc1-c1ccccc1C. The molecule has 0 saturated heterocycles. The average Bonchev–Trinajstić information content (AvgIpc) is 2.89. The molecule has 0 heterocycles. The summed E-state index contributed by atoms with van der Waals surface area (Å²) in [6.07, 6.45) is 10.6. The van der Waals surface area contributed by atoms with E-state index in [9.17, 15) is 9.59 Å². The van der Waals surface area contributed by atoms with Crippen LogP contribution in [0.4, 0.5) is 0 Å². The number of carbonyl (C=O) groups excluding carboxylic acids is 2. The Kier molecular flexibility index (Phi) is 11.1. The zero-order chi connectivity index (χ0) is 25.0. The zero-order valence-electron chi connectivity index (χ0n) is 21.4. The molecule has 190 valence electrons. The van der Waals surface area contributed by atoms with Crippen LogP contribution >= 0.6 is 11.8 Å². The molecule has 1 saturated carbocycles. The summed E-state index contributed by atoms with van der Waals surface area (Å²) >= 11 is 1.64. The Labute approximate surface area is 214 Å². The highest BCUT2D eigenvalue weighted by atomic mass is 32.2. The van der Waals surface area contributed by atoms with Crippen molar-refractivity contribution < 1.29 is 14.3 Å². The Bertz CT molecular complexity index is 972. The summed E-state index contributed by atoms with van der Waals surface area (Å²) in [4.78, 5) is 25.6. The molecule has 0 aromatic heterocycles. The molecule has 6 heteroatoms. The molecule has 1 amide bonds. The molecule has 0 radical (unpaired) electrons. The summed E-state index contributed by atoms with van der Waals surface area (Å²) in [5.41, 5.74) is 4.75. The van der Waals surface area contributed by atoms with Gasteiger partial charge in [-0.05, 0) is 78.6 Å². The van der Waals surface area contributed by atoms with Gasteiger partial charge in [0, 0.05) is 12.1 Å². The highest BCUT2D eigenvalue weighted by Crippen LogP contribution is 2.29. The van der Waals surface area contributed by atoms with Gasteiger partial charge < -0.3 is 15.4 Å². The number of ether oxygens (including phenoxy) is 1. The van der Waals surface area contributed by atoms with Gasteiger partial charge in [-0.3, -0.25) is 4.79 Å². The van der Waals surface area contributed by atoms with Crippen LogP contribution in [0.1, 0.15) is 66.4 Å². The zero-order valence-corrected chi connectivity index (χ0v) is 22.2. The lowest BCUT2D eigenvalue weighted by atomic mass is 9.87. The van der Waals surface area contributed by atoms with Gasteiger partial charge in [-0.2, -0.15) is 11.8 Å². The van der Waals surface area contributed by atoms with E-state index in [1.54, 1.807) is 11.8 Å². The number of carbonyl (C=O) groups is 2. The van der Waals surface area contributed by atoms with E-state index in [0.717, 1.165) is 47.0 Å². The van der Waals surface area contributed by atoms with Crippen molar-refractivity contribution in [2.75, 3.05) is 25.7 Å². The molecule has 5 nitrogen and oxygen atoms in total. The predicted molar refractivity (Wildman–Crippen MR) is 146 cm³/mol. The minimum atomic E-state index is -0.661. The first-order chi connectivity index (χ1) is 17.0. The van der Waals surface area contributed by atoms with E-state index < -0.39 is 12.0 Å². The Morgan fingerprint density at radius 1 is 1.09 bits per heavy atom. The smallest absolute Gasteiger partial charge is 0.328 e. The summed E-state index contributed by atoms with van der Waals surface area (Å²) in [5.74, 6) is 0.954. The molecule has 1 atom stereocenters. The van der Waals surface area contributed by atoms with Gasteiger partial charge in [-0.25, -0.2) is 4.79 Å². The van der Waals surface area contributed by atoms with Gasteiger partial charge >= 0.3 is 5.97 Å². The monoisotopic (exact) mass is 496 g/mol. The fourth-order valence-corrected chi connectivity index (χ4v) is 5.35. The molecule has 1 fully saturated rings. The third-order valence-electron chi connectivity index (χ3n) is 6.95. The lowest BCUT2D eigenvalue weighted by Crippen LogP contribution is -2.42. The van der Waals surface area contributed by atoms with Gasteiger partial charge in [0.15, 0.2) is 0 Å². The second-order valence-electron chi connectivity index (χ2n) is 9.50. The van der Waals surface area contributed by atoms with Gasteiger partial charge in [0.1, 0.15) is 6.04 Å². The van der Waals surface area contributed by atoms with E-state index in [1.807, 2.05) is 36.6 Å². The molecule has 0 aliphatic heterocycles. The van der Waals surface area contributed by atoms with Gasteiger partial charge in [-0.1, -0.05) is 62.4 Å². The molecule has 1 aliphatic carbocycles. The minimum absolute atomic E-state index is 0.253. The predicted octanol–water partition coefficient (Wildman–Crippen LogP) is 5.75. The van der Waals surface area contributed by atoms with Gasteiger partial charge in [-0.15, -0.1) is 0 Å². The number of amides is 1. The minimum Gasteiger partial charge on any atom is -0.467 e. The van der Waals surface area contributed by atoms with Crippen LogP contribution in [-0.4, -0.2) is 43.6 Å². The average molecular weight is 497 g/mol. The van der Waals surface area contributed by atoms with Crippen LogP contribution in [0.15, 0.2) is 42.5 Å². The summed E-state index contributed by atoms with van der Waals surface area (Å²) in [7, 11) is 1.36. The van der Waals surface area contributed by atoms with E-state index >= 15 is 0 Å². The van der Waals surface area contributed by atoms with E-state index in [4.69, 9.17) is 4.74 Å². The van der Waals surface area contributed by atoms with Crippen LogP contribution in [0.2, 0.25) is 0 Å². The lowest BCUT2D eigenvalue weighted by Gasteiger charge is -2.21. The maximum atomic E-state index is 13.3. The van der Waals surface area contributed by atoms with Crippen molar-refractivity contribution in [3.05, 3.63) is 59.2 Å². The molecule has 3 rings (SSSR count). The number of nitrogens with one attached hydrogen (secondary N) is 2. The van der Waals surface area contributed by atoms with E-state index in [0.29, 0.717) is 12.0 Å². The normalized spacial score (nSPS) is 14.9. The maximum absolute atomic E-state index is 13.3. The largest absolute Gasteiger partial charge is 0.467 e. The Hall–Kier alpha value is -2.31. The third kappa shape index (κ3) is 8.11. The molecule has 0 bridgehead atoms. The highest BCUT2D eigenvalue weighted by molar-refractivity contribution is 7.98. The van der Waals surface area contributed by atoms with Crippen molar-refractivity contribution in [1.29, 1.82) is 0 Å². The Morgan fingerprint density at radius 2 is 1.86 bits per heavy atom. The number of methoxy groups -OCH3 is 1. The van der Waals surface area contributed by atoms with Crippen molar-refractivity contribution in [3.8, 4) is 11.1 Å². The molecule has 1 unspecified atom stereocenters. The number of benzene rings is 2. The lowest BCUT2D eigenvalue weighted by molar-refractivity contribution is -0.142. The molecule has 0 spiro atoms. The summed E-state index contributed by atoms with van der Waals surface area (Å²) in [6.45, 7) is 3.84. The summed E-state index contributed by atoms with van der Waals surface area (Å²) in [5, 5.41) is 6.52. The van der Waals surface area contributed by atoms with Crippen molar-refractivity contribution in [2.24, 2.45) is 5.92 Å². The van der Waals surface area contributed by atoms with Crippen LogP contribution < -0.4 is 10.6 Å². The van der Waals surface area contributed by atoms with E-state index in [-0.39, 0.29) is 5.91 Å². The van der Waals surface area contributed by atoms with Crippen molar-refractivity contribution in [1.82, 2.24) is 10.6 Å². The first-order valence-corrected chi connectivity index (χ1v) is 14.2. The highest BCUT2D eigenvalue weighted by Gasteiger charge is 2.24. The van der Waals surface area contributed by atoms with E-state index in [2.05, 4.69) is 29.7 Å². The fraction of sp³-hybridized carbons (Fsp3) is 0.517. The van der Waals surface area contributed by atoms with Crippen LogP contribution in [0.25, 0.3) is 11.1 Å². The second-order valence-corrected chi connectivity index (χ2v) is 10.5. The van der Waals surface area contributed by atoms with Gasteiger partial charge in [0.2, 0.25) is 0 Å². The maximum Gasteiger partial charge on any atom is 0.328 e. The molecule has 2 aromatic carbocycles. The molecular weight excluding hydrogens is 456 g/mol. The van der Waals surface area contributed by atoms with Crippen LogP contribution in [-0.2, 0) is 16.1 Å². The topological polar surface area (TPSA) is 67.4 Å². The Morgan fingerprint density at radius 3 is 2.57 bits per heavy atom. The molecule has 2 aromatic rings. The number of rotatable bonds is 12. The standard InChI is InChI=1S/C29H40N2O3S/c1-21-9-7-8-12-24(21)26-19-23(20-30-17-15-22-10-5-4-6-11-22)13-14-25(26)28(32)31-27(16-18-35-3)29(33)34-2/h7-9,12-14,19,22,27,30H,4-6,10-11,15-18,20H2,1-3H3,(H,31,32). The molecular formula is C29H40N2O3S. The number of hydrogen-bond donors (Lipinski definition) is 2. The number of aryl methyl sites for hydroxylation is 1. The first kappa shape index (κ1) is 27.3. The molecule has 35 heavy (non-hydrogen) atoms. The summed E-state index contributed by atoms with van der Waals surface area (Å²) in [6, 6.07) is 13.5. The van der Waals surface area contributed by atoms with Gasteiger partial charge in [0.05, 0.1) is 7.11 Å². The quantitative estimate of drug-likeness (QED) is 0.289. The van der Waals surface area contributed by atoms with Crippen LogP contribution in [0.5, 0.6) is 0 Å². The van der Waals surface area contributed by atoms with Crippen molar-refractivity contribution >= 4 is 23.6 Å². The van der Waals surface area contributed by atoms with Crippen LogP contribution in [0.3, 0.4) is 0 Å². The van der Waals surface area contributed by atoms with Crippen molar-refractivity contribution in [3.63, 3.8) is 0 Å². The third-order valence-corrected chi connectivity index (χ3v) is 7.59. The molecule has 1 aliphatic rings. The molecule has 2 N–H and O–H groups in total. The number of thioether (sulfide) groups is 1. The van der Waals surface area contributed by atoms with Crippen molar-refractivity contribution in [2.45, 2.75) is 64.5 Å². The first-order valence-electron chi connectivity index (χ1n) is 12.8. The van der Waals surface area contributed by atoms with E-state index in [1.165, 1.54) is 45.6 Å². The fourth-order valence-electron chi connectivity index (χ4n) is 4.87.